The number of halogens is 3. The Morgan fingerprint density at radius 2 is 2.07 bits per heavy atom. The van der Waals surface area contributed by atoms with E-state index in [1.807, 2.05) is 13.1 Å². The van der Waals surface area contributed by atoms with Gasteiger partial charge in [-0.25, -0.2) is 9.97 Å². The van der Waals surface area contributed by atoms with Crippen LogP contribution in [-0.4, -0.2) is 14.5 Å². The van der Waals surface area contributed by atoms with E-state index in [1.54, 1.807) is 10.8 Å². The van der Waals surface area contributed by atoms with Crippen molar-refractivity contribution in [1.82, 2.24) is 14.5 Å². The normalized spacial score (nSPS) is 9.29. The zero-order valence-corrected chi connectivity index (χ0v) is 10.5. The molecule has 2 heterocycles. The molecule has 0 bridgehead atoms. The maximum atomic E-state index is 5.60. The lowest BCUT2D eigenvalue weighted by Crippen LogP contribution is -1.96. The first-order chi connectivity index (χ1) is 5.68. The van der Waals surface area contributed by atoms with Gasteiger partial charge >= 0.3 is 0 Å². The van der Waals surface area contributed by atoms with Gasteiger partial charge in [0, 0.05) is 17.7 Å². The molecule has 0 unspecified atom stereocenters. The van der Waals surface area contributed by atoms with Crippen molar-refractivity contribution in [2.45, 2.75) is 0 Å². The molecular formula is C7H9BrCl2N4. The van der Waals surface area contributed by atoms with Crippen LogP contribution in [0.2, 0.25) is 0 Å². The van der Waals surface area contributed by atoms with Crippen LogP contribution in [0.3, 0.4) is 0 Å². The second kappa shape index (κ2) is 4.82. The van der Waals surface area contributed by atoms with Crippen molar-refractivity contribution < 1.29 is 0 Å². The highest BCUT2D eigenvalue weighted by molar-refractivity contribution is 9.10. The standard InChI is InChI=1S/C7H7BrN4.2ClH/c1-12-6-5(11-7(12)9)2-4(8)3-10-6;;/h2-3H,1H3,(H2,9,11);2*1H. The molecule has 2 aromatic rings. The average Bonchev–Trinajstić information content (AvgIpc) is 2.28. The Bertz CT molecular complexity index is 442. The van der Waals surface area contributed by atoms with Crippen molar-refractivity contribution in [3.63, 3.8) is 0 Å². The van der Waals surface area contributed by atoms with E-state index < -0.39 is 0 Å². The molecule has 0 spiro atoms. The van der Waals surface area contributed by atoms with E-state index in [1.165, 1.54) is 0 Å². The fourth-order valence-corrected chi connectivity index (χ4v) is 1.39. The van der Waals surface area contributed by atoms with Gasteiger partial charge in [0.15, 0.2) is 5.65 Å². The number of hydrogen-bond acceptors (Lipinski definition) is 3. The van der Waals surface area contributed by atoms with E-state index in [9.17, 15) is 0 Å². The SMILES string of the molecule is Cl.Cl.Cn1c(N)nc2cc(Br)cnc21. The summed E-state index contributed by atoms with van der Waals surface area (Å²) in [4.78, 5) is 8.30. The van der Waals surface area contributed by atoms with Gasteiger partial charge in [-0.3, -0.25) is 4.57 Å². The van der Waals surface area contributed by atoms with Crippen LogP contribution in [0.4, 0.5) is 5.95 Å². The van der Waals surface area contributed by atoms with E-state index in [4.69, 9.17) is 5.73 Å². The predicted molar refractivity (Wildman–Crippen MR) is 65.1 cm³/mol. The van der Waals surface area contributed by atoms with Crippen LogP contribution in [0.5, 0.6) is 0 Å². The van der Waals surface area contributed by atoms with Crippen LogP contribution in [-0.2, 0) is 7.05 Å². The van der Waals surface area contributed by atoms with Crippen molar-refractivity contribution >= 4 is 57.9 Å². The van der Waals surface area contributed by atoms with E-state index >= 15 is 0 Å². The average molecular weight is 300 g/mol. The largest absolute Gasteiger partial charge is 0.369 e. The molecule has 0 amide bonds. The van der Waals surface area contributed by atoms with E-state index in [0.717, 1.165) is 15.6 Å². The fraction of sp³-hybridized carbons (Fsp3) is 0.143. The highest BCUT2D eigenvalue weighted by Gasteiger charge is 2.04. The summed E-state index contributed by atoms with van der Waals surface area (Å²) in [5, 5.41) is 0. The molecule has 0 saturated heterocycles. The number of nitrogens with zero attached hydrogens (tertiary/aromatic N) is 3. The Balaban J connectivity index is 0.000000845. The van der Waals surface area contributed by atoms with E-state index in [0.29, 0.717) is 5.95 Å². The van der Waals surface area contributed by atoms with E-state index in [2.05, 4.69) is 25.9 Å². The molecule has 0 aliphatic rings. The second-order valence-electron chi connectivity index (χ2n) is 2.53. The van der Waals surface area contributed by atoms with Gasteiger partial charge in [0.2, 0.25) is 5.95 Å². The monoisotopic (exact) mass is 298 g/mol. The molecule has 4 nitrogen and oxygen atoms in total. The minimum Gasteiger partial charge on any atom is -0.369 e. The molecule has 0 aliphatic heterocycles. The zero-order chi connectivity index (χ0) is 8.72. The Morgan fingerprint density at radius 1 is 1.43 bits per heavy atom. The first kappa shape index (κ1) is 13.5. The molecule has 0 saturated carbocycles. The molecule has 0 aromatic carbocycles. The summed E-state index contributed by atoms with van der Waals surface area (Å²) in [5.41, 5.74) is 7.21. The smallest absolute Gasteiger partial charge is 0.202 e. The van der Waals surface area contributed by atoms with Gasteiger partial charge in [0.25, 0.3) is 0 Å². The van der Waals surface area contributed by atoms with Gasteiger partial charge in [-0.1, -0.05) is 0 Å². The first-order valence-corrected chi connectivity index (χ1v) is 4.21. The van der Waals surface area contributed by atoms with E-state index in [-0.39, 0.29) is 24.8 Å². The third-order valence-electron chi connectivity index (χ3n) is 1.71. The highest BCUT2D eigenvalue weighted by Crippen LogP contribution is 2.17. The summed E-state index contributed by atoms with van der Waals surface area (Å²) < 4.78 is 2.66. The van der Waals surface area contributed by atoms with Crippen molar-refractivity contribution in [2.24, 2.45) is 7.05 Å². The van der Waals surface area contributed by atoms with Crippen LogP contribution in [0.15, 0.2) is 16.7 Å². The molecule has 0 fully saturated rings. The van der Waals surface area contributed by atoms with Crippen molar-refractivity contribution in [2.75, 3.05) is 5.73 Å². The van der Waals surface area contributed by atoms with Crippen LogP contribution >= 0.6 is 40.7 Å². The quantitative estimate of drug-likeness (QED) is 0.811. The predicted octanol–water partition coefficient (Wildman–Crippen LogP) is 2.16. The van der Waals surface area contributed by atoms with Gasteiger partial charge in [-0.2, -0.15) is 0 Å². The highest BCUT2D eigenvalue weighted by atomic mass is 79.9. The number of aryl methyl sites for hydroxylation is 1. The fourth-order valence-electron chi connectivity index (χ4n) is 1.07. The number of nitrogens with two attached hydrogens (primary N) is 1. The topological polar surface area (TPSA) is 56.7 Å². The number of rotatable bonds is 0. The molecule has 0 atom stereocenters. The molecule has 14 heavy (non-hydrogen) atoms. The number of imidazole rings is 1. The molecule has 7 heteroatoms. The molecule has 2 aromatic heterocycles. The van der Waals surface area contributed by atoms with Gasteiger partial charge < -0.3 is 5.73 Å². The third-order valence-corrected chi connectivity index (χ3v) is 2.14. The maximum Gasteiger partial charge on any atom is 0.202 e. The lowest BCUT2D eigenvalue weighted by atomic mass is 10.4. The molecular weight excluding hydrogens is 291 g/mol. The number of fused-ring (bicyclic) bond motifs is 1. The summed E-state index contributed by atoms with van der Waals surface area (Å²) in [6.07, 6.45) is 1.73. The molecule has 0 aliphatic carbocycles. The van der Waals surface area contributed by atoms with Crippen molar-refractivity contribution in [3.8, 4) is 0 Å². The molecule has 78 valence electrons. The van der Waals surface area contributed by atoms with Gasteiger partial charge in [-0.15, -0.1) is 24.8 Å². The van der Waals surface area contributed by atoms with Crippen LogP contribution in [0.1, 0.15) is 0 Å². The lowest BCUT2D eigenvalue weighted by molar-refractivity contribution is 0.947. The summed E-state index contributed by atoms with van der Waals surface area (Å²) in [6.45, 7) is 0. The third kappa shape index (κ3) is 2.10. The van der Waals surface area contributed by atoms with Crippen LogP contribution in [0.25, 0.3) is 11.2 Å². The summed E-state index contributed by atoms with van der Waals surface area (Å²) in [5.74, 6) is 0.482. The minimum atomic E-state index is 0. The first-order valence-electron chi connectivity index (χ1n) is 3.42. The second-order valence-corrected chi connectivity index (χ2v) is 3.44. The maximum absolute atomic E-state index is 5.60. The Morgan fingerprint density at radius 3 is 2.71 bits per heavy atom. The number of aromatic nitrogens is 3. The van der Waals surface area contributed by atoms with Gasteiger partial charge in [0.05, 0.1) is 0 Å². The van der Waals surface area contributed by atoms with Gasteiger partial charge in [-0.05, 0) is 22.0 Å². The van der Waals surface area contributed by atoms with Gasteiger partial charge in [0.1, 0.15) is 5.52 Å². The number of pyridine rings is 1. The number of hydrogen-bond donors (Lipinski definition) is 1. The van der Waals surface area contributed by atoms with Crippen LogP contribution in [0, 0.1) is 0 Å². The Labute approximate surface area is 102 Å². The Kier molecular flexibility index (Phi) is 4.64. The Hall–Kier alpha value is -0.520. The van der Waals surface area contributed by atoms with Crippen molar-refractivity contribution in [3.05, 3.63) is 16.7 Å². The molecule has 0 radical (unpaired) electrons. The summed E-state index contributed by atoms with van der Waals surface area (Å²) >= 11 is 3.31. The molecule has 2 N–H and O–H groups in total. The summed E-state index contributed by atoms with van der Waals surface area (Å²) in [6, 6.07) is 1.89. The summed E-state index contributed by atoms with van der Waals surface area (Å²) in [7, 11) is 1.84. The number of nitrogen functional groups attached to an aromatic ring is 1. The van der Waals surface area contributed by atoms with Crippen molar-refractivity contribution in [1.29, 1.82) is 0 Å². The number of anilines is 1. The van der Waals surface area contributed by atoms with Crippen LogP contribution < -0.4 is 5.73 Å². The minimum absolute atomic E-state index is 0. The molecule has 2 rings (SSSR count). The zero-order valence-electron chi connectivity index (χ0n) is 7.27. The lowest BCUT2D eigenvalue weighted by Gasteiger charge is -1.93.